The van der Waals surface area contributed by atoms with E-state index in [9.17, 15) is 9.50 Å². The minimum absolute atomic E-state index is 0.123. The van der Waals surface area contributed by atoms with Crippen molar-refractivity contribution in [2.45, 2.75) is 42.6 Å². The first-order valence-corrected chi connectivity index (χ1v) is 7.40. The second kappa shape index (κ2) is 5.98. The number of aliphatic hydroxyl groups is 1. The van der Waals surface area contributed by atoms with Crippen molar-refractivity contribution in [1.82, 2.24) is 0 Å². The quantitative estimate of drug-likeness (QED) is 0.879. The van der Waals surface area contributed by atoms with Crippen molar-refractivity contribution < 1.29 is 9.50 Å². The number of rotatable bonds is 3. The maximum atomic E-state index is 13.6. The molecule has 2 aromatic rings. The molecule has 106 valence electrons. The lowest BCUT2D eigenvalue weighted by atomic mass is 9.87. The lowest BCUT2D eigenvalue weighted by molar-refractivity contribution is 0.272. The molecular weight excluding hydrogens is 271 g/mol. The number of halogens is 1. The average Bonchev–Trinajstić information content (AvgIpc) is 2.38. The molecule has 0 aromatic heterocycles. The summed E-state index contributed by atoms with van der Waals surface area (Å²) < 4.78 is 13.6. The van der Waals surface area contributed by atoms with Gasteiger partial charge >= 0.3 is 0 Å². The molecule has 0 aliphatic heterocycles. The molecule has 0 aliphatic rings. The summed E-state index contributed by atoms with van der Waals surface area (Å²) in [6, 6.07) is 13.1. The summed E-state index contributed by atoms with van der Waals surface area (Å²) in [5, 5.41) is 9.27. The zero-order valence-corrected chi connectivity index (χ0v) is 12.8. The van der Waals surface area contributed by atoms with Gasteiger partial charge in [-0.2, -0.15) is 0 Å². The van der Waals surface area contributed by atoms with E-state index >= 15 is 0 Å². The van der Waals surface area contributed by atoms with Gasteiger partial charge in [-0.3, -0.25) is 0 Å². The number of benzene rings is 2. The Balaban J connectivity index is 2.25. The molecule has 0 fully saturated rings. The Morgan fingerprint density at radius 3 is 2.25 bits per heavy atom. The molecule has 20 heavy (non-hydrogen) atoms. The van der Waals surface area contributed by atoms with Gasteiger partial charge in [-0.1, -0.05) is 50.7 Å². The van der Waals surface area contributed by atoms with E-state index in [1.54, 1.807) is 6.07 Å². The second-order valence-electron chi connectivity index (χ2n) is 5.75. The molecule has 0 bridgehead atoms. The topological polar surface area (TPSA) is 20.2 Å². The molecule has 0 spiro atoms. The maximum absolute atomic E-state index is 13.6. The van der Waals surface area contributed by atoms with Crippen LogP contribution in [0.5, 0.6) is 0 Å². The zero-order chi connectivity index (χ0) is 14.8. The van der Waals surface area contributed by atoms with E-state index in [1.165, 1.54) is 23.4 Å². The first kappa shape index (κ1) is 15.1. The van der Waals surface area contributed by atoms with Gasteiger partial charge in [-0.15, -0.1) is 0 Å². The van der Waals surface area contributed by atoms with Crippen LogP contribution in [-0.4, -0.2) is 5.11 Å². The van der Waals surface area contributed by atoms with Crippen molar-refractivity contribution in [3.05, 3.63) is 59.4 Å². The summed E-state index contributed by atoms with van der Waals surface area (Å²) >= 11 is 1.47. The van der Waals surface area contributed by atoms with E-state index in [1.807, 2.05) is 18.2 Å². The van der Waals surface area contributed by atoms with Gasteiger partial charge in [0, 0.05) is 15.4 Å². The van der Waals surface area contributed by atoms with Gasteiger partial charge in [0.2, 0.25) is 0 Å². The minimum atomic E-state index is -0.358. The smallest absolute Gasteiger partial charge is 0.129 e. The molecule has 0 radical (unpaired) electrons. The Bertz CT molecular complexity index is 585. The van der Waals surface area contributed by atoms with Crippen LogP contribution in [0.25, 0.3) is 0 Å². The largest absolute Gasteiger partial charge is 0.392 e. The molecule has 0 saturated heterocycles. The Morgan fingerprint density at radius 2 is 1.70 bits per heavy atom. The van der Waals surface area contributed by atoms with E-state index in [0.29, 0.717) is 5.56 Å². The predicted octanol–water partition coefficient (Wildman–Crippen LogP) is 4.77. The van der Waals surface area contributed by atoms with Crippen LogP contribution in [0.1, 0.15) is 31.9 Å². The van der Waals surface area contributed by atoms with Crippen molar-refractivity contribution in [1.29, 1.82) is 0 Å². The van der Waals surface area contributed by atoms with Gasteiger partial charge in [-0.25, -0.2) is 4.39 Å². The van der Waals surface area contributed by atoms with Crippen LogP contribution in [0.15, 0.2) is 52.3 Å². The summed E-state index contributed by atoms with van der Waals surface area (Å²) in [7, 11) is 0. The summed E-state index contributed by atoms with van der Waals surface area (Å²) in [4.78, 5) is 1.80. The SMILES string of the molecule is CC(C)(C)c1ccc(Sc2cccc(F)c2CO)cc1. The molecule has 0 atom stereocenters. The Kier molecular flexibility index (Phi) is 4.51. The third-order valence-corrected chi connectivity index (χ3v) is 4.29. The number of hydrogen-bond acceptors (Lipinski definition) is 2. The third kappa shape index (κ3) is 3.41. The zero-order valence-electron chi connectivity index (χ0n) is 12.0. The maximum Gasteiger partial charge on any atom is 0.129 e. The molecule has 1 N–H and O–H groups in total. The molecule has 0 saturated carbocycles. The fraction of sp³-hybridized carbons (Fsp3) is 0.294. The fourth-order valence-electron chi connectivity index (χ4n) is 1.94. The standard InChI is InChI=1S/C17H19FOS/c1-17(2,3)12-7-9-13(10-8-12)20-16-6-4-5-15(18)14(16)11-19/h4-10,19H,11H2,1-3H3. The molecule has 0 unspecified atom stereocenters. The first-order valence-electron chi connectivity index (χ1n) is 6.58. The van der Waals surface area contributed by atoms with Gasteiger partial charge < -0.3 is 5.11 Å². The molecule has 2 rings (SSSR count). The summed E-state index contributed by atoms with van der Waals surface area (Å²) in [6.45, 7) is 6.23. The minimum Gasteiger partial charge on any atom is -0.392 e. The third-order valence-electron chi connectivity index (χ3n) is 3.18. The summed E-state index contributed by atoms with van der Waals surface area (Å²) in [5.41, 5.74) is 1.75. The van der Waals surface area contributed by atoms with E-state index in [4.69, 9.17) is 0 Å². The van der Waals surface area contributed by atoms with E-state index in [0.717, 1.165) is 9.79 Å². The molecule has 0 heterocycles. The van der Waals surface area contributed by atoms with Crippen LogP contribution < -0.4 is 0 Å². The molecule has 0 amide bonds. The lowest BCUT2D eigenvalue weighted by Crippen LogP contribution is -2.10. The van der Waals surface area contributed by atoms with Crippen LogP contribution >= 0.6 is 11.8 Å². The van der Waals surface area contributed by atoms with E-state index in [2.05, 4.69) is 32.9 Å². The highest BCUT2D eigenvalue weighted by atomic mass is 32.2. The van der Waals surface area contributed by atoms with Gasteiger partial charge in [0.1, 0.15) is 5.82 Å². The highest BCUT2D eigenvalue weighted by Crippen LogP contribution is 2.33. The molecule has 3 heteroatoms. The molecular formula is C17H19FOS. The summed E-state index contributed by atoms with van der Waals surface area (Å²) in [5.74, 6) is -0.358. The highest BCUT2D eigenvalue weighted by Gasteiger charge is 2.13. The number of aliphatic hydroxyl groups excluding tert-OH is 1. The first-order chi connectivity index (χ1) is 9.41. The predicted molar refractivity (Wildman–Crippen MR) is 81.6 cm³/mol. The Labute approximate surface area is 123 Å². The van der Waals surface area contributed by atoms with Crippen LogP contribution in [0.3, 0.4) is 0 Å². The molecule has 1 nitrogen and oxygen atoms in total. The Morgan fingerprint density at radius 1 is 1.05 bits per heavy atom. The van der Waals surface area contributed by atoms with Crippen LogP contribution in [0.4, 0.5) is 4.39 Å². The van der Waals surface area contributed by atoms with Gasteiger partial charge in [-0.05, 0) is 35.2 Å². The molecule has 2 aromatic carbocycles. The van der Waals surface area contributed by atoms with Crippen LogP contribution in [0.2, 0.25) is 0 Å². The monoisotopic (exact) mass is 290 g/mol. The average molecular weight is 290 g/mol. The van der Waals surface area contributed by atoms with Gasteiger partial charge in [0.15, 0.2) is 0 Å². The van der Waals surface area contributed by atoms with Gasteiger partial charge in [0.05, 0.1) is 6.61 Å². The molecule has 0 aliphatic carbocycles. The lowest BCUT2D eigenvalue weighted by Gasteiger charge is -2.19. The van der Waals surface area contributed by atoms with Crippen LogP contribution in [0, 0.1) is 5.82 Å². The van der Waals surface area contributed by atoms with E-state index < -0.39 is 0 Å². The van der Waals surface area contributed by atoms with Crippen molar-refractivity contribution in [3.8, 4) is 0 Å². The Hall–Kier alpha value is -1.32. The fourth-order valence-corrected chi connectivity index (χ4v) is 2.90. The number of hydrogen-bond donors (Lipinski definition) is 1. The highest BCUT2D eigenvalue weighted by molar-refractivity contribution is 7.99. The normalized spacial score (nSPS) is 11.7. The van der Waals surface area contributed by atoms with Crippen molar-refractivity contribution in [2.24, 2.45) is 0 Å². The second-order valence-corrected chi connectivity index (χ2v) is 6.87. The van der Waals surface area contributed by atoms with Crippen LogP contribution in [-0.2, 0) is 12.0 Å². The van der Waals surface area contributed by atoms with Crippen molar-refractivity contribution in [2.75, 3.05) is 0 Å². The van der Waals surface area contributed by atoms with Gasteiger partial charge in [0.25, 0.3) is 0 Å². The van der Waals surface area contributed by atoms with Crippen molar-refractivity contribution >= 4 is 11.8 Å². The summed E-state index contributed by atoms with van der Waals surface area (Å²) in [6.07, 6.45) is 0. The van der Waals surface area contributed by atoms with Crippen molar-refractivity contribution in [3.63, 3.8) is 0 Å². The van der Waals surface area contributed by atoms with E-state index in [-0.39, 0.29) is 17.8 Å².